The van der Waals surface area contributed by atoms with Crippen molar-refractivity contribution in [2.45, 2.75) is 18.9 Å². The van der Waals surface area contributed by atoms with Crippen LogP contribution in [0.15, 0.2) is 46.3 Å². The number of hydrogen-bond acceptors (Lipinski definition) is 6. The number of nitrogens with zero attached hydrogens (tertiary/aromatic N) is 4. The van der Waals surface area contributed by atoms with Crippen LogP contribution in [0.2, 0.25) is 0 Å². The molecule has 0 unspecified atom stereocenters. The molecule has 0 atom stereocenters. The highest BCUT2D eigenvalue weighted by molar-refractivity contribution is 5.64. The molecule has 1 saturated carbocycles. The molecule has 1 aromatic carbocycles. The lowest BCUT2D eigenvalue weighted by molar-refractivity contribution is 0.454. The van der Waals surface area contributed by atoms with Gasteiger partial charge in [-0.1, -0.05) is 12.1 Å². The van der Waals surface area contributed by atoms with Crippen molar-refractivity contribution in [1.82, 2.24) is 24.6 Å². The van der Waals surface area contributed by atoms with Gasteiger partial charge in [-0.15, -0.1) is 0 Å². The zero-order valence-corrected chi connectivity index (χ0v) is 14.6. The predicted molar refractivity (Wildman–Crippen MR) is 101 cm³/mol. The molecule has 1 fully saturated rings. The average molecular weight is 376 g/mol. The molecule has 0 spiro atoms. The summed E-state index contributed by atoms with van der Waals surface area (Å²) in [7, 11) is 0. The molecule has 28 heavy (non-hydrogen) atoms. The fourth-order valence-electron chi connectivity index (χ4n) is 3.01. The van der Waals surface area contributed by atoms with Crippen LogP contribution in [0.4, 0.5) is 0 Å². The molecule has 0 amide bonds. The maximum Gasteiger partial charge on any atom is 0.326 e. The molecule has 1 aliphatic carbocycles. The van der Waals surface area contributed by atoms with E-state index < -0.39 is 5.69 Å². The zero-order valence-electron chi connectivity index (χ0n) is 14.6. The van der Waals surface area contributed by atoms with Crippen molar-refractivity contribution < 1.29 is 10.2 Å². The highest BCUT2D eigenvalue weighted by atomic mass is 16.3. The first kappa shape index (κ1) is 16.3. The molecule has 0 saturated heterocycles. The van der Waals surface area contributed by atoms with E-state index in [-0.39, 0.29) is 23.4 Å². The van der Waals surface area contributed by atoms with Gasteiger partial charge < -0.3 is 15.2 Å². The Morgan fingerprint density at radius 2 is 2.07 bits per heavy atom. The van der Waals surface area contributed by atoms with Crippen LogP contribution in [0, 0.1) is 0 Å². The van der Waals surface area contributed by atoms with E-state index in [0.717, 1.165) is 18.4 Å². The minimum atomic E-state index is -0.502. The van der Waals surface area contributed by atoms with Crippen molar-refractivity contribution in [1.29, 1.82) is 0 Å². The van der Waals surface area contributed by atoms with Gasteiger partial charge in [0.15, 0.2) is 11.1 Å². The van der Waals surface area contributed by atoms with Gasteiger partial charge in [-0.05, 0) is 31.1 Å². The summed E-state index contributed by atoms with van der Waals surface area (Å²) in [5, 5.41) is 24.6. The average Bonchev–Trinajstić information content (AvgIpc) is 3.30. The summed E-state index contributed by atoms with van der Waals surface area (Å²) < 4.78 is 1.64. The van der Waals surface area contributed by atoms with Crippen LogP contribution in [-0.2, 0) is 0 Å². The van der Waals surface area contributed by atoms with Crippen molar-refractivity contribution in [3.63, 3.8) is 0 Å². The number of aromatic amines is 2. The third kappa shape index (κ3) is 2.92. The molecular weight excluding hydrogens is 360 g/mol. The Balaban J connectivity index is 1.79. The standard InChI is InChI=1S/C19H16N6O3/c26-13-3-1-2-10(6-13)14-8-16(21-12-4-5-12)25-17(22-14)11(9-20-25)7-15-18(27)24-19(28)23-15/h1-3,6-9,12,26-27H,4-5H2,(H2,23,24,28). The fraction of sp³-hybridized carbons (Fsp3) is 0.158. The van der Waals surface area contributed by atoms with Gasteiger partial charge in [0, 0.05) is 16.8 Å². The van der Waals surface area contributed by atoms with Crippen molar-refractivity contribution in [3.05, 3.63) is 63.4 Å². The van der Waals surface area contributed by atoms with Crippen LogP contribution in [0.1, 0.15) is 18.5 Å². The lowest BCUT2D eigenvalue weighted by Crippen LogP contribution is -2.19. The number of H-pyrrole nitrogens is 2. The molecular formula is C19H16N6O3. The minimum absolute atomic E-state index is 0.148. The van der Waals surface area contributed by atoms with Gasteiger partial charge in [0.1, 0.15) is 11.4 Å². The Morgan fingerprint density at radius 1 is 1.21 bits per heavy atom. The maximum absolute atomic E-state index is 11.4. The topological polar surface area (TPSA) is 132 Å². The maximum atomic E-state index is 11.4. The quantitative estimate of drug-likeness (QED) is 0.412. The van der Waals surface area contributed by atoms with Crippen LogP contribution in [0.3, 0.4) is 0 Å². The normalized spacial score (nSPS) is 15.6. The first-order valence-electron chi connectivity index (χ1n) is 8.82. The van der Waals surface area contributed by atoms with E-state index in [4.69, 9.17) is 4.99 Å². The molecule has 9 heteroatoms. The van der Waals surface area contributed by atoms with Crippen LogP contribution < -0.4 is 16.4 Å². The van der Waals surface area contributed by atoms with E-state index in [0.29, 0.717) is 22.0 Å². The number of phenols is 1. The lowest BCUT2D eigenvalue weighted by atomic mass is 10.1. The molecule has 4 N–H and O–H groups in total. The molecule has 4 aromatic rings. The number of aromatic nitrogens is 5. The number of imidazole rings is 1. The molecule has 0 aliphatic heterocycles. The van der Waals surface area contributed by atoms with Gasteiger partial charge in [0.2, 0.25) is 5.88 Å². The molecule has 1 aliphatic rings. The second-order valence-corrected chi connectivity index (χ2v) is 6.73. The SMILES string of the molecule is O=c1[nH]c(O)c(C=c2cnn3c(=NC4CC4)cc(-c4cccc(O)c4)nc23)[nH]1. The highest BCUT2D eigenvalue weighted by Crippen LogP contribution is 2.23. The number of phenolic OH excluding ortho intramolecular Hbond substituents is 1. The molecule has 3 aromatic heterocycles. The Kier molecular flexibility index (Phi) is 3.54. The minimum Gasteiger partial charge on any atom is -0.508 e. The van der Waals surface area contributed by atoms with Crippen molar-refractivity contribution in [3.8, 4) is 22.9 Å². The second-order valence-electron chi connectivity index (χ2n) is 6.73. The summed E-state index contributed by atoms with van der Waals surface area (Å²) in [5.74, 6) is -0.105. The van der Waals surface area contributed by atoms with Crippen LogP contribution in [-0.4, -0.2) is 40.8 Å². The number of aromatic hydroxyl groups is 2. The molecule has 3 heterocycles. The lowest BCUT2D eigenvalue weighted by Gasteiger charge is -2.03. The molecule has 140 valence electrons. The molecule has 0 bridgehead atoms. The third-order valence-electron chi connectivity index (χ3n) is 4.52. The predicted octanol–water partition coefficient (Wildman–Crippen LogP) is 0.435. The summed E-state index contributed by atoms with van der Waals surface area (Å²) in [5.41, 5.74) is 2.33. The Hall–Kier alpha value is -3.88. The second kappa shape index (κ2) is 6.08. The number of hydrogen-bond donors (Lipinski definition) is 4. The summed E-state index contributed by atoms with van der Waals surface area (Å²) in [6.07, 6.45) is 5.29. The largest absolute Gasteiger partial charge is 0.508 e. The van der Waals surface area contributed by atoms with Crippen LogP contribution in [0.5, 0.6) is 11.6 Å². The smallest absolute Gasteiger partial charge is 0.326 e. The number of benzene rings is 1. The molecule has 5 rings (SSSR count). The van der Waals surface area contributed by atoms with E-state index in [1.807, 2.05) is 12.1 Å². The van der Waals surface area contributed by atoms with Crippen LogP contribution in [0.25, 0.3) is 23.0 Å². The van der Waals surface area contributed by atoms with Gasteiger partial charge in [-0.25, -0.2) is 9.78 Å². The van der Waals surface area contributed by atoms with E-state index in [9.17, 15) is 15.0 Å². The van der Waals surface area contributed by atoms with Gasteiger partial charge in [0.05, 0.1) is 17.9 Å². The Morgan fingerprint density at radius 3 is 2.79 bits per heavy atom. The molecule has 9 nitrogen and oxygen atoms in total. The van der Waals surface area contributed by atoms with E-state index >= 15 is 0 Å². The van der Waals surface area contributed by atoms with E-state index in [2.05, 4.69) is 20.1 Å². The summed E-state index contributed by atoms with van der Waals surface area (Å²) >= 11 is 0. The van der Waals surface area contributed by atoms with Crippen molar-refractivity contribution >= 4 is 11.7 Å². The third-order valence-corrected chi connectivity index (χ3v) is 4.52. The van der Waals surface area contributed by atoms with Crippen LogP contribution >= 0.6 is 0 Å². The first-order chi connectivity index (χ1) is 13.6. The van der Waals surface area contributed by atoms with Gasteiger partial charge in [0.25, 0.3) is 0 Å². The Labute approximate surface area is 157 Å². The number of fused-ring (bicyclic) bond motifs is 1. The first-order valence-corrected chi connectivity index (χ1v) is 8.82. The van der Waals surface area contributed by atoms with Gasteiger partial charge in [-0.3, -0.25) is 9.98 Å². The van der Waals surface area contributed by atoms with Gasteiger partial charge >= 0.3 is 5.69 Å². The number of rotatable bonds is 3. The van der Waals surface area contributed by atoms with Crippen molar-refractivity contribution in [2.75, 3.05) is 0 Å². The summed E-state index contributed by atoms with van der Waals surface area (Å²) in [6.45, 7) is 0. The van der Waals surface area contributed by atoms with E-state index in [1.54, 1.807) is 35.0 Å². The fourth-order valence-corrected chi connectivity index (χ4v) is 3.01. The summed E-state index contributed by atoms with van der Waals surface area (Å²) in [4.78, 5) is 25.6. The Bertz CT molecular complexity index is 1380. The molecule has 0 radical (unpaired) electrons. The summed E-state index contributed by atoms with van der Waals surface area (Å²) in [6, 6.07) is 8.96. The van der Waals surface area contributed by atoms with E-state index in [1.165, 1.54) is 0 Å². The zero-order chi connectivity index (χ0) is 19.3. The van der Waals surface area contributed by atoms with Gasteiger partial charge in [-0.2, -0.15) is 9.61 Å². The highest BCUT2D eigenvalue weighted by Gasteiger charge is 2.20. The monoisotopic (exact) mass is 376 g/mol. The number of nitrogens with one attached hydrogen (secondary N) is 2. The van der Waals surface area contributed by atoms with Crippen molar-refractivity contribution in [2.24, 2.45) is 4.99 Å².